The predicted molar refractivity (Wildman–Crippen MR) is 76.5 cm³/mol. The van der Waals surface area contributed by atoms with E-state index in [1.54, 1.807) is 17.7 Å². The molecule has 18 heavy (non-hydrogen) atoms. The molecule has 100 valence electrons. The summed E-state index contributed by atoms with van der Waals surface area (Å²) in [5, 5.41) is 3.50. The summed E-state index contributed by atoms with van der Waals surface area (Å²) in [6.45, 7) is 1.16. The predicted octanol–water partition coefficient (Wildman–Crippen LogP) is 1.80. The Morgan fingerprint density at radius 2 is 2.44 bits per heavy atom. The van der Waals surface area contributed by atoms with Crippen LogP contribution in [-0.2, 0) is 11.3 Å². The van der Waals surface area contributed by atoms with Crippen LogP contribution in [0.4, 0.5) is 5.69 Å². The number of ether oxygens (including phenoxy) is 1. The van der Waals surface area contributed by atoms with E-state index >= 15 is 0 Å². The minimum atomic E-state index is 0.0237. The number of hydrogen-bond donors (Lipinski definition) is 1. The Morgan fingerprint density at radius 3 is 3.17 bits per heavy atom. The molecule has 0 bridgehead atoms. The fourth-order valence-electron chi connectivity index (χ4n) is 2.07. The molecule has 1 unspecified atom stereocenters. The molecule has 0 saturated carbocycles. The SMILES string of the molecule is COCCn1cc(NC2CCCSC2)ccc1=O. The molecule has 1 aliphatic heterocycles. The molecule has 1 fully saturated rings. The van der Waals surface area contributed by atoms with Crippen LogP contribution in [0, 0.1) is 0 Å². The van der Waals surface area contributed by atoms with E-state index in [2.05, 4.69) is 5.32 Å². The Morgan fingerprint density at radius 1 is 1.56 bits per heavy atom. The zero-order valence-corrected chi connectivity index (χ0v) is 11.5. The Kier molecular flexibility index (Phi) is 5.13. The number of methoxy groups -OCH3 is 1. The summed E-state index contributed by atoms with van der Waals surface area (Å²) >= 11 is 1.99. The lowest BCUT2D eigenvalue weighted by molar-refractivity contribution is 0.186. The Balaban J connectivity index is 2.01. The summed E-state index contributed by atoms with van der Waals surface area (Å²) in [6, 6.07) is 4.01. The second-order valence-corrected chi connectivity index (χ2v) is 5.65. The van der Waals surface area contributed by atoms with Gasteiger partial charge in [0.1, 0.15) is 0 Å². The molecular formula is C13H20N2O2S. The minimum Gasteiger partial charge on any atom is -0.383 e. The van der Waals surface area contributed by atoms with Gasteiger partial charge in [0.25, 0.3) is 5.56 Å². The topological polar surface area (TPSA) is 43.3 Å². The molecule has 0 aromatic carbocycles. The molecule has 4 nitrogen and oxygen atoms in total. The van der Waals surface area contributed by atoms with Crippen LogP contribution < -0.4 is 10.9 Å². The Hall–Kier alpha value is -0.940. The van der Waals surface area contributed by atoms with Crippen LogP contribution in [0.5, 0.6) is 0 Å². The van der Waals surface area contributed by atoms with Crippen LogP contribution in [0.25, 0.3) is 0 Å². The van der Waals surface area contributed by atoms with E-state index in [0.29, 0.717) is 19.2 Å². The Labute approximate surface area is 112 Å². The highest BCUT2D eigenvalue weighted by molar-refractivity contribution is 7.99. The molecule has 0 radical (unpaired) electrons. The van der Waals surface area contributed by atoms with Crippen molar-refractivity contribution in [3.63, 3.8) is 0 Å². The number of thioether (sulfide) groups is 1. The third kappa shape index (κ3) is 3.78. The quantitative estimate of drug-likeness (QED) is 0.884. The molecule has 1 saturated heterocycles. The summed E-state index contributed by atoms with van der Waals surface area (Å²) < 4.78 is 6.70. The standard InChI is InChI=1S/C13H20N2O2S/c1-17-7-6-15-9-11(4-5-13(15)16)14-12-3-2-8-18-10-12/h4-5,9,12,14H,2-3,6-8,10H2,1H3. The average Bonchev–Trinajstić information content (AvgIpc) is 2.40. The van der Waals surface area contributed by atoms with Crippen LogP contribution >= 0.6 is 11.8 Å². The van der Waals surface area contributed by atoms with Gasteiger partial charge in [-0.25, -0.2) is 0 Å². The number of anilines is 1. The highest BCUT2D eigenvalue weighted by atomic mass is 32.2. The second kappa shape index (κ2) is 6.85. The molecule has 1 N–H and O–H groups in total. The highest BCUT2D eigenvalue weighted by Gasteiger charge is 2.13. The van der Waals surface area contributed by atoms with Crippen molar-refractivity contribution < 1.29 is 4.74 Å². The van der Waals surface area contributed by atoms with Gasteiger partial charge in [0.05, 0.1) is 12.3 Å². The van der Waals surface area contributed by atoms with E-state index in [-0.39, 0.29) is 5.56 Å². The lowest BCUT2D eigenvalue weighted by Crippen LogP contribution is -2.27. The summed E-state index contributed by atoms with van der Waals surface area (Å²) in [7, 11) is 1.65. The maximum atomic E-state index is 11.6. The number of nitrogens with zero attached hydrogens (tertiary/aromatic N) is 1. The normalized spacial score (nSPS) is 19.7. The Bertz CT molecular complexity index is 427. The summed E-state index contributed by atoms with van der Waals surface area (Å²) in [6.07, 6.45) is 4.37. The van der Waals surface area contributed by atoms with Crippen molar-refractivity contribution in [3.05, 3.63) is 28.7 Å². The summed E-state index contributed by atoms with van der Waals surface area (Å²) in [4.78, 5) is 11.6. The molecule has 1 atom stereocenters. The van der Waals surface area contributed by atoms with Crippen LogP contribution in [0.2, 0.25) is 0 Å². The molecule has 5 heteroatoms. The first kappa shape index (κ1) is 13.5. The molecule has 2 rings (SSSR count). The van der Waals surface area contributed by atoms with Crippen molar-refractivity contribution in [2.45, 2.75) is 25.4 Å². The van der Waals surface area contributed by atoms with Crippen molar-refractivity contribution in [2.75, 3.05) is 30.5 Å². The van der Waals surface area contributed by atoms with Crippen LogP contribution in [0.1, 0.15) is 12.8 Å². The largest absolute Gasteiger partial charge is 0.383 e. The molecule has 1 aromatic heterocycles. The highest BCUT2D eigenvalue weighted by Crippen LogP contribution is 2.20. The van der Waals surface area contributed by atoms with Crippen molar-refractivity contribution in [2.24, 2.45) is 0 Å². The van der Waals surface area contributed by atoms with Crippen LogP contribution in [-0.4, -0.2) is 35.8 Å². The molecule has 0 amide bonds. The van der Waals surface area contributed by atoms with Gasteiger partial charge in [0, 0.05) is 37.7 Å². The third-order valence-electron chi connectivity index (χ3n) is 3.05. The number of nitrogens with one attached hydrogen (secondary N) is 1. The molecule has 1 aromatic rings. The van der Waals surface area contributed by atoms with Gasteiger partial charge in [0.2, 0.25) is 0 Å². The fourth-order valence-corrected chi connectivity index (χ4v) is 3.14. The average molecular weight is 268 g/mol. The second-order valence-electron chi connectivity index (χ2n) is 4.50. The molecule has 0 aliphatic carbocycles. The fraction of sp³-hybridized carbons (Fsp3) is 0.615. The first-order valence-corrected chi connectivity index (χ1v) is 7.49. The summed E-state index contributed by atoms with van der Waals surface area (Å²) in [5.41, 5.74) is 1.05. The van der Waals surface area contributed by atoms with Crippen LogP contribution in [0.3, 0.4) is 0 Å². The molecule has 1 aliphatic rings. The molecule has 0 spiro atoms. The number of aromatic nitrogens is 1. The first-order chi connectivity index (χ1) is 8.79. The van der Waals surface area contributed by atoms with Gasteiger partial charge in [0.15, 0.2) is 0 Å². The van der Waals surface area contributed by atoms with Gasteiger partial charge >= 0.3 is 0 Å². The smallest absolute Gasteiger partial charge is 0.250 e. The van der Waals surface area contributed by atoms with Crippen LogP contribution in [0.15, 0.2) is 23.1 Å². The summed E-state index contributed by atoms with van der Waals surface area (Å²) in [5.74, 6) is 2.42. The van der Waals surface area contributed by atoms with Gasteiger partial charge in [-0.2, -0.15) is 11.8 Å². The lowest BCUT2D eigenvalue weighted by atomic mass is 10.2. The van der Waals surface area contributed by atoms with E-state index in [9.17, 15) is 4.79 Å². The van der Waals surface area contributed by atoms with Crippen molar-refractivity contribution >= 4 is 17.4 Å². The maximum absolute atomic E-state index is 11.6. The van der Waals surface area contributed by atoms with E-state index in [1.807, 2.05) is 24.0 Å². The van der Waals surface area contributed by atoms with E-state index in [0.717, 1.165) is 11.4 Å². The molecule has 2 heterocycles. The van der Waals surface area contributed by atoms with Gasteiger partial charge in [-0.15, -0.1) is 0 Å². The third-order valence-corrected chi connectivity index (χ3v) is 4.27. The van der Waals surface area contributed by atoms with Crippen molar-refractivity contribution in [1.29, 1.82) is 0 Å². The van der Waals surface area contributed by atoms with Crippen molar-refractivity contribution in [3.8, 4) is 0 Å². The monoisotopic (exact) mass is 268 g/mol. The van der Waals surface area contributed by atoms with E-state index < -0.39 is 0 Å². The molecular weight excluding hydrogens is 248 g/mol. The van der Waals surface area contributed by atoms with E-state index in [1.165, 1.54) is 18.6 Å². The maximum Gasteiger partial charge on any atom is 0.250 e. The zero-order chi connectivity index (χ0) is 12.8. The zero-order valence-electron chi connectivity index (χ0n) is 10.7. The first-order valence-electron chi connectivity index (χ1n) is 6.33. The van der Waals surface area contributed by atoms with Gasteiger partial charge < -0.3 is 14.6 Å². The number of pyridine rings is 1. The van der Waals surface area contributed by atoms with E-state index in [4.69, 9.17) is 4.74 Å². The van der Waals surface area contributed by atoms with Gasteiger partial charge in [-0.1, -0.05) is 0 Å². The number of rotatable bonds is 5. The number of hydrogen-bond acceptors (Lipinski definition) is 4. The van der Waals surface area contributed by atoms with Gasteiger partial charge in [-0.05, 0) is 24.7 Å². The lowest BCUT2D eigenvalue weighted by Gasteiger charge is -2.23. The van der Waals surface area contributed by atoms with Crippen molar-refractivity contribution in [1.82, 2.24) is 4.57 Å². The van der Waals surface area contributed by atoms with Gasteiger partial charge in [-0.3, -0.25) is 4.79 Å². The minimum absolute atomic E-state index is 0.0237.